The summed E-state index contributed by atoms with van der Waals surface area (Å²) in [6.07, 6.45) is 5.29. The number of carbonyl (C=O) groups excluding carboxylic acids is 1. The summed E-state index contributed by atoms with van der Waals surface area (Å²) >= 11 is 0. The van der Waals surface area contributed by atoms with E-state index >= 15 is 0 Å². The Kier molecular flexibility index (Phi) is 4.55. The summed E-state index contributed by atoms with van der Waals surface area (Å²) in [5.41, 5.74) is 1.09. The zero-order valence-electron chi connectivity index (χ0n) is 10.9. The van der Waals surface area contributed by atoms with Crippen molar-refractivity contribution in [3.8, 4) is 0 Å². The van der Waals surface area contributed by atoms with E-state index in [4.69, 9.17) is 5.11 Å². The normalized spacial score (nSPS) is 15.4. The van der Waals surface area contributed by atoms with Gasteiger partial charge in [-0.05, 0) is 36.5 Å². The third-order valence-electron chi connectivity index (χ3n) is 3.63. The molecule has 1 aliphatic rings. The Labute approximate surface area is 112 Å². The number of nitrogens with one attached hydrogen (secondary N) is 1. The van der Waals surface area contributed by atoms with Crippen LogP contribution in [0.25, 0.3) is 0 Å². The molecule has 1 aliphatic carbocycles. The molecule has 0 aliphatic heterocycles. The van der Waals surface area contributed by atoms with Gasteiger partial charge in [0, 0.05) is 6.54 Å². The molecule has 0 radical (unpaired) electrons. The molecule has 19 heavy (non-hydrogen) atoms. The lowest BCUT2D eigenvalue weighted by atomic mass is 10.1. The first kappa shape index (κ1) is 13.6. The highest BCUT2D eigenvalue weighted by atomic mass is 16.4. The summed E-state index contributed by atoms with van der Waals surface area (Å²) in [6, 6.07) is 6.45. The minimum atomic E-state index is -0.947. The maximum absolute atomic E-state index is 11.8. The third kappa shape index (κ3) is 4.09. The predicted molar refractivity (Wildman–Crippen MR) is 72.1 cm³/mol. The predicted octanol–water partition coefficient (Wildman–Crippen LogP) is 2.23. The molecule has 1 amide bonds. The van der Waals surface area contributed by atoms with Gasteiger partial charge in [0.1, 0.15) is 0 Å². The fraction of sp³-hybridized carbons (Fsp3) is 0.467. The molecule has 2 N–H and O–H groups in total. The molecule has 4 nitrogen and oxygen atoms in total. The number of benzene rings is 1. The molecule has 0 unspecified atom stereocenters. The Hall–Kier alpha value is -1.84. The van der Waals surface area contributed by atoms with Gasteiger partial charge >= 0.3 is 5.97 Å². The van der Waals surface area contributed by atoms with E-state index in [1.807, 2.05) is 0 Å². The standard InChI is InChI=1S/C15H19NO3/c17-14(16-10-12-3-1-2-4-12)9-11-5-7-13(8-6-11)15(18)19/h5-8,12H,1-4,9-10H2,(H,16,17)(H,18,19). The minimum absolute atomic E-state index is 0.00924. The van der Waals surface area contributed by atoms with Crippen LogP contribution < -0.4 is 5.32 Å². The van der Waals surface area contributed by atoms with Gasteiger partial charge < -0.3 is 10.4 Å². The fourth-order valence-electron chi connectivity index (χ4n) is 2.49. The lowest BCUT2D eigenvalue weighted by Gasteiger charge is -2.10. The van der Waals surface area contributed by atoms with Crippen LogP contribution in [0.4, 0.5) is 0 Å². The van der Waals surface area contributed by atoms with Crippen LogP contribution in [-0.2, 0) is 11.2 Å². The van der Waals surface area contributed by atoms with Crippen LogP contribution >= 0.6 is 0 Å². The van der Waals surface area contributed by atoms with Crippen LogP contribution in [-0.4, -0.2) is 23.5 Å². The summed E-state index contributed by atoms with van der Waals surface area (Å²) in [4.78, 5) is 22.5. The second-order valence-corrected chi connectivity index (χ2v) is 5.13. The van der Waals surface area contributed by atoms with Crippen molar-refractivity contribution in [1.29, 1.82) is 0 Å². The topological polar surface area (TPSA) is 66.4 Å². The van der Waals surface area contributed by atoms with Crippen molar-refractivity contribution in [2.45, 2.75) is 32.1 Å². The maximum Gasteiger partial charge on any atom is 0.335 e. The summed E-state index contributed by atoms with van der Waals surface area (Å²) in [5, 5.41) is 11.7. The van der Waals surface area contributed by atoms with Gasteiger partial charge in [0.25, 0.3) is 0 Å². The minimum Gasteiger partial charge on any atom is -0.478 e. The van der Waals surface area contributed by atoms with E-state index in [2.05, 4.69) is 5.32 Å². The smallest absolute Gasteiger partial charge is 0.335 e. The second kappa shape index (κ2) is 6.36. The maximum atomic E-state index is 11.8. The Morgan fingerprint density at radius 1 is 1.16 bits per heavy atom. The number of aromatic carboxylic acids is 1. The van der Waals surface area contributed by atoms with Gasteiger partial charge in [-0.3, -0.25) is 4.79 Å². The lowest BCUT2D eigenvalue weighted by Crippen LogP contribution is -2.29. The van der Waals surface area contributed by atoms with E-state index in [0.717, 1.165) is 12.1 Å². The number of amides is 1. The Bertz CT molecular complexity index is 447. The van der Waals surface area contributed by atoms with Gasteiger partial charge in [-0.2, -0.15) is 0 Å². The molecule has 2 rings (SSSR count). The van der Waals surface area contributed by atoms with Gasteiger partial charge in [-0.1, -0.05) is 25.0 Å². The Balaban J connectivity index is 1.79. The van der Waals surface area contributed by atoms with Crippen molar-refractivity contribution in [2.75, 3.05) is 6.54 Å². The van der Waals surface area contributed by atoms with Crippen LogP contribution in [0, 0.1) is 5.92 Å². The highest BCUT2D eigenvalue weighted by Gasteiger charge is 2.15. The average molecular weight is 261 g/mol. The molecule has 0 heterocycles. The molecule has 1 saturated carbocycles. The molecular weight excluding hydrogens is 242 g/mol. The van der Waals surface area contributed by atoms with E-state index in [-0.39, 0.29) is 11.5 Å². The van der Waals surface area contributed by atoms with Gasteiger partial charge in [0.15, 0.2) is 0 Å². The summed E-state index contributed by atoms with van der Waals surface area (Å²) < 4.78 is 0. The number of carboxylic acid groups (broad SMARTS) is 1. The van der Waals surface area contributed by atoms with Crippen molar-refractivity contribution < 1.29 is 14.7 Å². The first-order valence-corrected chi connectivity index (χ1v) is 6.74. The van der Waals surface area contributed by atoms with Gasteiger partial charge in [0.2, 0.25) is 5.91 Å². The summed E-state index contributed by atoms with van der Waals surface area (Å²) in [7, 11) is 0. The van der Waals surface area contributed by atoms with Gasteiger partial charge in [0.05, 0.1) is 12.0 Å². The highest BCUT2D eigenvalue weighted by molar-refractivity contribution is 5.87. The van der Waals surface area contributed by atoms with Crippen molar-refractivity contribution in [2.24, 2.45) is 5.92 Å². The molecule has 0 bridgehead atoms. The van der Waals surface area contributed by atoms with E-state index in [0.29, 0.717) is 12.3 Å². The van der Waals surface area contributed by atoms with Gasteiger partial charge in [-0.25, -0.2) is 4.79 Å². The van der Waals surface area contributed by atoms with E-state index < -0.39 is 5.97 Å². The summed E-state index contributed by atoms with van der Waals surface area (Å²) in [5.74, 6) is -0.300. The SMILES string of the molecule is O=C(Cc1ccc(C(=O)O)cc1)NCC1CCCC1. The van der Waals surface area contributed by atoms with Crippen molar-refractivity contribution in [3.63, 3.8) is 0 Å². The number of carbonyl (C=O) groups is 2. The first-order valence-electron chi connectivity index (χ1n) is 6.74. The molecule has 4 heteroatoms. The van der Waals surface area contributed by atoms with Gasteiger partial charge in [-0.15, -0.1) is 0 Å². The molecule has 0 aromatic heterocycles. The molecule has 0 spiro atoms. The number of hydrogen-bond donors (Lipinski definition) is 2. The number of rotatable bonds is 5. The molecule has 0 atom stereocenters. The van der Waals surface area contributed by atoms with Crippen LogP contribution in [0.3, 0.4) is 0 Å². The van der Waals surface area contributed by atoms with Crippen LogP contribution in [0.15, 0.2) is 24.3 Å². The Morgan fingerprint density at radius 3 is 2.37 bits per heavy atom. The summed E-state index contributed by atoms with van der Waals surface area (Å²) in [6.45, 7) is 0.770. The van der Waals surface area contributed by atoms with Crippen LogP contribution in [0.5, 0.6) is 0 Å². The molecule has 1 aromatic rings. The lowest BCUT2D eigenvalue weighted by molar-refractivity contribution is -0.120. The quantitative estimate of drug-likeness (QED) is 0.854. The van der Waals surface area contributed by atoms with Crippen LogP contribution in [0.1, 0.15) is 41.6 Å². The van der Waals surface area contributed by atoms with Crippen LogP contribution in [0.2, 0.25) is 0 Å². The second-order valence-electron chi connectivity index (χ2n) is 5.13. The first-order chi connectivity index (χ1) is 9.15. The van der Waals surface area contributed by atoms with E-state index in [1.165, 1.54) is 37.8 Å². The number of hydrogen-bond acceptors (Lipinski definition) is 2. The average Bonchev–Trinajstić information content (AvgIpc) is 2.90. The highest BCUT2D eigenvalue weighted by Crippen LogP contribution is 2.23. The largest absolute Gasteiger partial charge is 0.478 e. The van der Waals surface area contributed by atoms with E-state index in [9.17, 15) is 9.59 Å². The van der Waals surface area contributed by atoms with Crippen molar-refractivity contribution in [1.82, 2.24) is 5.32 Å². The fourth-order valence-corrected chi connectivity index (χ4v) is 2.49. The zero-order chi connectivity index (χ0) is 13.7. The van der Waals surface area contributed by atoms with E-state index in [1.54, 1.807) is 12.1 Å². The molecule has 102 valence electrons. The Morgan fingerprint density at radius 2 is 1.79 bits per heavy atom. The third-order valence-corrected chi connectivity index (χ3v) is 3.63. The zero-order valence-corrected chi connectivity index (χ0v) is 10.9. The van der Waals surface area contributed by atoms with Crippen molar-refractivity contribution >= 4 is 11.9 Å². The molecule has 1 aromatic carbocycles. The molecule has 0 saturated heterocycles. The molecular formula is C15H19NO3. The molecule has 1 fully saturated rings. The number of carboxylic acids is 1. The monoisotopic (exact) mass is 261 g/mol. The van der Waals surface area contributed by atoms with Crippen molar-refractivity contribution in [3.05, 3.63) is 35.4 Å².